The molecule has 2 aliphatic heterocycles. The zero-order valence-corrected chi connectivity index (χ0v) is 12.8. The minimum absolute atomic E-state index is 0.777. The molecule has 4 unspecified atom stereocenters. The summed E-state index contributed by atoms with van der Waals surface area (Å²) >= 11 is 0. The number of rotatable bonds is 6. The minimum Gasteiger partial charge on any atom is -0.314 e. The third-order valence-corrected chi connectivity index (χ3v) is 5.41. The van der Waals surface area contributed by atoms with Crippen LogP contribution in [0.4, 0.5) is 0 Å². The van der Waals surface area contributed by atoms with Crippen LogP contribution in [0.25, 0.3) is 0 Å². The average Bonchev–Trinajstić information content (AvgIpc) is 2.65. The van der Waals surface area contributed by atoms with Crippen molar-refractivity contribution in [2.75, 3.05) is 6.54 Å². The van der Waals surface area contributed by atoms with Crippen molar-refractivity contribution in [3.8, 4) is 0 Å². The van der Waals surface area contributed by atoms with Gasteiger partial charge in [0, 0.05) is 24.2 Å². The summed E-state index contributed by atoms with van der Waals surface area (Å²) in [5, 5.41) is 3.75. The van der Waals surface area contributed by atoms with Gasteiger partial charge < -0.3 is 5.32 Å². The highest BCUT2D eigenvalue weighted by molar-refractivity contribution is 4.99. The van der Waals surface area contributed by atoms with Crippen LogP contribution >= 0.6 is 0 Å². The first-order valence-electron chi connectivity index (χ1n) is 8.18. The van der Waals surface area contributed by atoms with Crippen molar-refractivity contribution in [2.45, 2.75) is 90.4 Å². The van der Waals surface area contributed by atoms with Gasteiger partial charge in [-0.15, -0.1) is 0 Å². The number of piperidine rings is 1. The van der Waals surface area contributed by atoms with Gasteiger partial charge in [0.05, 0.1) is 0 Å². The third kappa shape index (κ3) is 2.91. The van der Waals surface area contributed by atoms with Crippen LogP contribution in [-0.4, -0.2) is 35.6 Å². The summed E-state index contributed by atoms with van der Waals surface area (Å²) in [6.45, 7) is 10.7. The number of hydrogen-bond acceptors (Lipinski definition) is 2. The summed E-state index contributed by atoms with van der Waals surface area (Å²) in [5.74, 6) is 0.841. The van der Waals surface area contributed by atoms with E-state index in [0.717, 1.165) is 30.1 Å². The van der Waals surface area contributed by atoms with Crippen LogP contribution in [0.15, 0.2) is 0 Å². The van der Waals surface area contributed by atoms with Crippen molar-refractivity contribution >= 4 is 0 Å². The van der Waals surface area contributed by atoms with Gasteiger partial charge in [0.15, 0.2) is 0 Å². The van der Waals surface area contributed by atoms with E-state index in [1.54, 1.807) is 0 Å². The Hall–Kier alpha value is -0.0800. The number of nitrogens with zero attached hydrogens (tertiary/aromatic N) is 1. The van der Waals surface area contributed by atoms with E-state index in [9.17, 15) is 0 Å². The third-order valence-electron chi connectivity index (χ3n) is 5.41. The Kier molecular flexibility index (Phi) is 5.08. The fourth-order valence-corrected chi connectivity index (χ4v) is 4.03. The summed E-state index contributed by atoms with van der Waals surface area (Å²) in [7, 11) is 0. The summed E-state index contributed by atoms with van der Waals surface area (Å²) in [6.07, 6.45) is 8.23. The van der Waals surface area contributed by atoms with Gasteiger partial charge in [-0.1, -0.05) is 27.2 Å². The number of nitrogens with one attached hydrogen (secondary N) is 1. The zero-order chi connectivity index (χ0) is 13.1. The van der Waals surface area contributed by atoms with E-state index in [2.05, 4.69) is 37.9 Å². The normalized spacial score (nSPS) is 35.7. The maximum Gasteiger partial charge on any atom is 0.0116 e. The molecule has 4 atom stereocenters. The first-order valence-corrected chi connectivity index (χ1v) is 8.18. The Morgan fingerprint density at radius 2 is 1.72 bits per heavy atom. The molecule has 2 nitrogen and oxygen atoms in total. The molecule has 2 fully saturated rings. The molecule has 2 saturated heterocycles. The maximum atomic E-state index is 3.75. The highest BCUT2D eigenvalue weighted by Crippen LogP contribution is 2.38. The second-order valence-corrected chi connectivity index (χ2v) is 6.58. The van der Waals surface area contributed by atoms with E-state index in [0.29, 0.717) is 0 Å². The van der Waals surface area contributed by atoms with E-state index < -0.39 is 0 Å². The summed E-state index contributed by atoms with van der Waals surface area (Å²) in [6, 6.07) is 3.30. The van der Waals surface area contributed by atoms with Crippen LogP contribution in [0.2, 0.25) is 0 Å². The van der Waals surface area contributed by atoms with Gasteiger partial charge in [-0.3, -0.25) is 4.90 Å². The lowest BCUT2D eigenvalue weighted by Gasteiger charge is -2.44. The molecule has 18 heavy (non-hydrogen) atoms. The number of fused-ring (bicyclic) bond motifs is 2. The molecule has 0 amide bonds. The van der Waals surface area contributed by atoms with E-state index in [-0.39, 0.29) is 0 Å². The fraction of sp³-hybridized carbons (Fsp3) is 1.00. The van der Waals surface area contributed by atoms with E-state index >= 15 is 0 Å². The zero-order valence-electron chi connectivity index (χ0n) is 12.8. The maximum absolute atomic E-state index is 3.75. The van der Waals surface area contributed by atoms with Gasteiger partial charge in [-0.2, -0.15) is 0 Å². The van der Waals surface area contributed by atoms with E-state index in [1.165, 1.54) is 45.1 Å². The molecule has 1 N–H and O–H groups in total. The Labute approximate surface area is 114 Å². The molecule has 106 valence electrons. The van der Waals surface area contributed by atoms with Crippen LogP contribution in [-0.2, 0) is 0 Å². The molecule has 0 radical (unpaired) electrons. The minimum atomic E-state index is 0.777. The van der Waals surface area contributed by atoms with Crippen molar-refractivity contribution < 1.29 is 0 Å². The quantitative estimate of drug-likeness (QED) is 0.779. The molecular formula is C16H32N2. The lowest BCUT2D eigenvalue weighted by molar-refractivity contribution is 0.0522. The molecular weight excluding hydrogens is 220 g/mol. The summed E-state index contributed by atoms with van der Waals surface area (Å²) < 4.78 is 0. The predicted molar refractivity (Wildman–Crippen MR) is 78.9 cm³/mol. The average molecular weight is 252 g/mol. The molecule has 0 aromatic heterocycles. The molecule has 0 aliphatic carbocycles. The van der Waals surface area contributed by atoms with Gasteiger partial charge in [0.1, 0.15) is 0 Å². The topological polar surface area (TPSA) is 15.3 Å². The molecule has 0 saturated carbocycles. The first-order chi connectivity index (χ1) is 8.67. The van der Waals surface area contributed by atoms with Crippen molar-refractivity contribution in [3.63, 3.8) is 0 Å². The van der Waals surface area contributed by atoms with Crippen LogP contribution < -0.4 is 5.32 Å². The molecule has 0 aromatic carbocycles. The van der Waals surface area contributed by atoms with Crippen LogP contribution in [0.3, 0.4) is 0 Å². The number of hydrogen-bond donors (Lipinski definition) is 1. The molecule has 2 rings (SSSR count). The predicted octanol–water partition coefficient (Wildman–Crippen LogP) is 3.42. The second kappa shape index (κ2) is 6.38. The SMILES string of the molecule is CCCNC1CC2CCC(C1)N2C(C)C(C)CC. The van der Waals surface area contributed by atoms with Gasteiger partial charge >= 0.3 is 0 Å². The Morgan fingerprint density at radius 1 is 1.11 bits per heavy atom. The van der Waals surface area contributed by atoms with Crippen LogP contribution in [0.1, 0.15) is 66.2 Å². The van der Waals surface area contributed by atoms with Crippen LogP contribution in [0.5, 0.6) is 0 Å². The smallest absolute Gasteiger partial charge is 0.0116 e. The lowest BCUT2D eigenvalue weighted by Crippen LogP contribution is -2.53. The molecule has 2 heteroatoms. The van der Waals surface area contributed by atoms with E-state index in [1.807, 2.05) is 0 Å². The van der Waals surface area contributed by atoms with Crippen molar-refractivity contribution in [1.82, 2.24) is 10.2 Å². The molecule has 2 aliphatic rings. The lowest BCUT2D eigenvalue weighted by atomic mass is 9.91. The Balaban J connectivity index is 1.93. The Bertz CT molecular complexity index is 239. The van der Waals surface area contributed by atoms with Gasteiger partial charge in [0.2, 0.25) is 0 Å². The summed E-state index contributed by atoms with van der Waals surface area (Å²) in [4.78, 5) is 2.87. The first kappa shape index (κ1) is 14.3. The van der Waals surface area contributed by atoms with Crippen molar-refractivity contribution in [1.29, 1.82) is 0 Å². The van der Waals surface area contributed by atoms with E-state index in [4.69, 9.17) is 0 Å². The molecule has 0 aromatic rings. The molecule has 2 bridgehead atoms. The largest absolute Gasteiger partial charge is 0.314 e. The van der Waals surface area contributed by atoms with Gasteiger partial charge in [0.25, 0.3) is 0 Å². The van der Waals surface area contributed by atoms with Crippen LogP contribution in [0, 0.1) is 5.92 Å². The second-order valence-electron chi connectivity index (χ2n) is 6.58. The van der Waals surface area contributed by atoms with Gasteiger partial charge in [-0.25, -0.2) is 0 Å². The van der Waals surface area contributed by atoms with Crippen molar-refractivity contribution in [3.05, 3.63) is 0 Å². The van der Waals surface area contributed by atoms with Gasteiger partial charge in [-0.05, 0) is 51.5 Å². The molecule has 0 spiro atoms. The van der Waals surface area contributed by atoms with Crippen molar-refractivity contribution in [2.24, 2.45) is 5.92 Å². The monoisotopic (exact) mass is 252 g/mol. The standard InChI is InChI=1S/C16H32N2/c1-5-9-17-14-10-15-7-8-16(11-14)18(15)13(4)12(3)6-2/h12-17H,5-11H2,1-4H3. The highest BCUT2D eigenvalue weighted by atomic mass is 15.3. The fourth-order valence-electron chi connectivity index (χ4n) is 4.03. The Morgan fingerprint density at radius 3 is 2.22 bits per heavy atom. The highest BCUT2D eigenvalue weighted by Gasteiger charge is 2.43. The molecule has 2 heterocycles. The summed E-state index contributed by atoms with van der Waals surface area (Å²) in [5.41, 5.74) is 0.